The molecule has 0 aliphatic carbocycles. The summed E-state index contributed by atoms with van der Waals surface area (Å²) in [5, 5.41) is 5.59. The minimum absolute atomic E-state index is 0.0973. The van der Waals surface area contributed by atoms with E-state index in [1.807, 2.05) is 36.4 Å². The van der Waals surface area contributed by atoms with Crippen molar-refractivity contribution >= 4 is 27.5 Å². The highest BCUT2D eigenvalue weighted by Crippen LogP contribution is 2.41. The third-order valence-corrected chi connectivity index (χ3v) is 8.96. The molecular formula is C32H32F2N6O. The van der Waals surface area contributed by atoms with E-state index in [4.69, 9.17) is 16.1 Å². The molecule has 0 bridgehead atoms. The summed E-state index contributed by atoms with van der Waals surface area (Å²) >= 11 is 0. The molecule has 1 N–H and O–H groups in total. The van der Waals surface area contributed by atoms with Gasteiger partial charge in [0.15, 0.2) is 5.82 Å². The second kappa shape index (κ2) is 10.2. The molecule has 0 saturated carbocycles. The van der Waals surface area contributed by atoms with Crippen molar-refractivity contribution in [3.05, 3.63) is 54.0 Å². The number of halogens is 2. The molecule has 4 aromatic rings. The van der Waals surface area contributed by atoms with Crippen molar-refractivity contribution in [2.24, 2.45) is 0 Å². The molecule has 41 heavy (non-hydrogen) atoms. The van der Waals surface area contributed by atoms with E-state index < -0.39 is 12.0 Å². The minimum atomic E-state index is -0.867. The Bertz CT molecular complexity index is 1680. The van der Waals surface area contributed by atoms with E-state index in [1.54, 1.807) is 6.20 Å². The summed E-state index contributed by atoms with van der Waals surface area (Å²) in [5.41, 5.74) is 1.23. The Morgan fingerprint density at radius 3 is 2.88 bits per heavy atom. The molecule has 0 radical (unpaired) electrons. The van der Waals surface area contributed by atoms with Crippen LogP contribution in [0.3, 0.4) is 0 Å². The van der Waals surface area contributed by atoms with Crippen LogP contribution in [0.4, 0.5) is 14.6 Å². The molecule has 0 amide bonds. The molecule has 5 heterocycles. The van der Waals surface area contributed by atoms with Crippen molar-refractivity contribution in [1.82, 2.24) is 25.2 Å². The van der Waals surface area contributed by atoms with E-state index in [2.05, 4.69) is 37.9 Å². The second-order valence-electron chi connectivity index (χ2n) is 11.5. The van der Waals surface area contributed by atoms with Crippen molar-refractivity contribution < 1.29 is 13.5 Å². The van der Waals surface area contributed by atoms with Gasteiger partial charge in [0.05, 0.1) is 10.9 Å². The molecule has 210 valence electrons. The van der Waals surface area contributed by atoms with Crippen molar-refractivity contribution in [3.63, 3.8) is 0 Å². The molecule has 3 saturated heterocycles. The third kappa shape index (κ3) is 4.37. The zero-order chi connectivity index (χ0) is 28.1. The normalized spacial score (nSPS) is 24.6. The van der Waals surface area contributed by atoms with Gasteiger partial charge in [0.25, 0.3) is 0 Å². The number of ether oxygens (including phenoxy) is 1. The number of piperazine rings is 1. The van der Waals surface area contributed by atoms with Gasteiger partial charge in [-0.25, -0.2) is 8.78 Å². The maximum Gasteiger partial charge on any atom is 0.319 e. The number of pyridine rings is 1. The van der Waals surface area contributed by atoms with Gasteiger partial charge in [-0.1, -0.05) is 36.3 Å². The minimum Gasteiger partial charge on any atom is -0.461 e. The fraction of sp³-hybridized carbons (Fsp3) is 0.406. The SMILES string of the molecule is C#Cc1cccc2cccc(-c3ncc4c(N5CCNC[C@@H]5C)nc(OC[C@@]56CCCN5CC(F)C6)nc4c3F)c12. The Hall–Kier alpha value is -3.87. The number of nitrogens with one attached hydrogen (secondary N) is 1. The molecule has 1 unspecified atom stereocenters. The van der Waals surface area contributed by atoms with Gasteiger partial charge in [-0.15, -0.1) is 6.42 Å². The smallest absolute Gasteiger partial charge is 0.319 e. The lowest BCUT2D eigenvalue weighted by Gasteiger charge is -2.35. The molecule has 0 spiro atoms. The van der Waals surface area contributed by atoms with E-state index in [-0.39, 0.29) is 35.4 Å². The molecule has 3 fully saturated rings. The lowest BCUT2D eigenvalue weighted by atomic mass is 9.95. The lowest BCUT2D eigenvalue weighted by Crippen LogP contribution is -2.50. The summed E-state index contributed by atoms with van der Waals surface area (Å²) in [6.07, 6.45) is 8.91. The van der Waals surface area contributed by atoms with Gasteiger partial charge in [-0.3, -0.25) is 9.88 Å². The second-order valence-corrected chi connectivity index (χ2v) is 11.5. The van der Waals surface area contributed by atoms with Crippen LogP contribution in [-0.4, -0.2) is 76.9 Å². The number of rotatable bonds is 5. The molecule has 9 heteroatoms. The van der Waals surface area contributed by atoms with E-state index >= 15 is 4.39 Å². The number of anilines is 1. The standard InChI is InChI=1S/C32H32F2N6O/c1-3-21-7-4-8-22-9-5-10-24(26(21)22)28-27(34)29-25(17-36-28)30(40-14-12-35-16-20(40)2)38-31(37-29)41-19-32-11-6-13-39(32)18-23(33)15-32/h1,4-5,7-10,17,20,23,35H,6,11-16,18-19H2,2H3/t20-,23?,32-/m0/s1. The zero-order valence-corrected chi connectivity index (χ0v) is 23.0. The first-order valence-electron chi connectivity index (χ1n) is 14.3. The first-order chi connectivity index (χ1) is 20.0. The Labute approximate surface area is 237 Å². The maximum absolute atomic E-state index is 16.6. The van der Waals surface area contributed by atoms with Gasteiger partial charge in [-0.2, -0.15) is 9.97 Å². The molecule has 3 aliphatic heterocycles. The quantitative estimate of drug-likeness (QED) is 0.358. The van der Waals surface area contributed by atoms with Crippen LogP contribution in [0.15, 0.2) is 42.6 Å². The van der Waals surface area contributed by atoms with E-state index in [0.29, 0.717) is 41.8 Å². The predicted octanol–water partition coefficient (Wildman–Crippen LogP) is 4.72. The average Bonchev–Trinajstić information content (AvgIpc) is 3.51. The summed E-state index contributed by atoms with van der Waals surface area (Å²) in [6.45, 7) is 5.92. The predicted molar refractivity (Wildman–Crippen MR) is 156 cm³/mol. The molecular weight excluding hydrogens is 522 g/mol. The lowest BCUT2D eigenvalue weighted by molar-refractivity contribution is 0.107. The van der Waals surface area contributed by atoms with Gasteiger partial charge in [-0.05, 0) is 37.8 Å². The molecule has 7 nitrogen and oxygen atoms in total. The molecule has 2 aromatic carbocycles. The van der Waals surface area contributed by atoms with Crippen LogP contribution < -0.4 is 15.0 Å². The van der Waals surface area contributed by atoms with Crippen LogP contribution in [0.25, 0.3) is 32.9 Å². The Morgan fingerprint density at radius 2 is 2.05 bits per heavy atom. The molecule has 2 aromatic heterocycles. The van der Waals surface area contributed by atoms with Crippen LogP contribution in [0, 0.1) is 18.2 Å². The Balaban J connectivity index is 1.36. The fourth-order valence-electron chi connectivity index (χ4n) is 6.95. The van der Waals surface area contributed by atoms with E-state index in [1.165, 1.54) is 0 Å². The van der Waals surface area contributed by atoms with Crippen molar-refractivity contribution in [2.75, 3.05) is 44.2 Å². The number of terminal acetylenes is 1. The largest absolute Gasteiger partial charge is 0.461 e. The number of nitrogens with zero attached hydrogens (tertiary/aromatic N) is 5. The average molecular weight is 555 g/mol. The highest BCUT2D eigenvalue weighted by Gasteiger charge is 2.49. The van der Waals surface area contributed by atoms with Crippen molar-refractivity contribution in [2.45, 2.75) is 43.9 Å². The van der Waals surface area contributed by atoms with E-state index in [9.17, 15) is 4.39 Å². The van der Waals surface area contributed by atoms with Crippen LogP contribution in [0.1, 0.15) is 31.7 Å². The number of fused-ring (bicyclic) bond motifs is 3. The summed E-state index contributed by atoms with van der Waals surface area (Å²) < 4.78 is 37.2. The fourth-order valence-corrected chi connectivity index (χ4v) is 6.95. The number of hydrogen-bond acceptors (Lipinski definition) is 7. The maximum atomic E-state index is 16.6. The van der Waals surface area contributed by atoms with Crippen molar-refractivity contribution in [3.8, 4) is 29.6 Å². The highest BCUT2D eigenvalue weighted by molar-refractivity contribution is 6.02. The van der Waals surface area contributed by atoms with Gasteiger partial charge < -0.3 is 15.0 Å². The van der Waals surface area contributed by atoms with Gasteiger partial charge in [0.2, 0.25) is 0 Å². The first kappa shape index (κ1) is 26.1. The Morgan fingerprint density at radius 1 is 1.20 bits per heavy atom. The Kier molecular flexibility index (Phi) is 6.48. The number of alkyl halides is 1. The number of hydrogen-bond donors (Lipinski definition) is 1. The van der Waals surface area contributed by atoms with Crippen LogP contribution in [-0.2, 0) is 0 Å². The topological polar surface area (TPSA) is 66.4 Å². The number of benzene rings is 2. The number of aromatic nitrogens is 3. The van der Waals surface area contributed by atoms with Crippen molar-refractivity contribution in [1.29, 1.82) is 0 Å². The zero-order valence-electron chi connectivity index (χ0n) is 23.0. The van der Waals surface area contributed by atoms with Crippen LogP contribution in [0.5, 0.6) is 6.01 Å². The summed E-state index contributed by atoms with van der Waals surface area (Å²) in [6, 6.07) is 11.6. The first-order valence-corrected chi connectivity index (χ1v) is 14.3. The summed E-state index contributed by atoms with van der Waals surface area (Å²) in [7, 11) is 0. The molecule has 3 atom stereocenters. The van der Waals surface area contributed by atoms with E-state index in [0.717, 1.165) is 43.2 Å². The van der Waals surface area contributed by atoms with Gasteiger partial charge in [0, 0.05) is 61.4 Å². The summed E-state index contributed by atoms with van der Waals surface area (Å²) in [4.78, 5) is 18.4. The summed E-state index contributed by atoms with van der Waals surface area (Å²) in [5.74, 6) is 2.77. The van der Waals surface area contributed by atoms with Crippen LogP contribution >= 0.6 is 0 Å². The third-order valence-electron chi connectivity index (χ3n) is 8.96. The van der Waals surface area contributed by atoms with Gasteiger partial charge >= 0.3 is 6.01 Å². The molecule has 7 rings (SSSR count). The van der Waals surface area contributed by atoms with Gasteiger partial charge in [0.1, 0.15) is 29.8 Å². The molecule has 3 aliphatic rings. The monoisotopic (exact) mass is 554 g/mol. The highest BCUT2D eigenvalue weighted by atomic mass is 19.1. The van der Waals surface area contributed by atoms with Crippen LogP contribution in [0.2, 0.25) is 0 Å².